The molecule has 0 unspecified atom stereocenters. The fraction of sp³-hybridized carbons (Fsp3) is 0.231. The molecule has 1 aromatic carbocycles. The molecule has 0 saturated heterocycles. The highest BCUT2D eigenvalue weighted by atomic mass is 19.1. The molecule has 1 amide bonds. The number of rotatable bonds is 4. The molecule has 0 atom stereocenters. The number of amides is 1. The molecule has 6 heteroatoms. The number of imidazole rings is 1. The van der Waals surface area contributed by atoms with Gasteiger partial charge >= 0.3 is 0 Å². The van der Waals surface area contributed by atoms with Gasteiger partial charge in [-0.1, -0.05) is 6.07 Å². The molecule has 0 aliphatic carbocycles. The molecule has 0 fully saturated rings. The van der Waals surface area contributed by atoms with Crippen molar-refractivity contribution >= 4 is 11.6 Å². The van der Waals surface area contributed by atoms with E-state index in [4.69, 9.17) is 5.73 Å². The number of nitrogens with one attached hydrogen (secondary N) is 1. The Morgan fingerprint density at radius 1 is 1.53 bits per heavy atom. The van der Waals surface area contributed by atoms with Gasteiger partial charge in [-0.15, -0.1) is 0 Å². The van der Waals surface area contributed by atoms with Crippen molar-refractivity contribution in [1.82, 2.24) is 14.9 Å². The number of nitrogens with two attached hydrogens (primary N) is 1. The van der Waals surface area contributed by atoms with Crippen molar-refractivity contribution in [1.29, 1.82) is 0 Å². The van der Waals surface area contributed by atoms with Gasteiger partial charge in [-0.2, -0.15) is 0 Å². The minimum atomic E-state index is -0.586. The van der Waals surface area contributed by atoms with E-state index in [-0.39, 0.29) is 17.2 Å². The van der Waals surface area contributed by atoms with Crippen LogP contribution in [-0.4, -0.2) is 22.0 Å². The van der Waals surface area contributed by atoms with Gasteiger partial charge in [0.15, 0.2) is 0 Å². The first kappa shape index (κ1) is 13.1. The van der Waals surface area contributed by atoms with Crippen LogP contribution in [0.2, 0.25) is 0 Å². The van der Waals surface area contributed by atoms with Crippen molar-refractivity contribution in [3.8, 4) is 0 Å². The fourth-order valence-electron chi connectivity index (χ4n) is 1.76. The fourth-order valence-corrected chi connectivity index (χ4v) is 1.76. The van der Waals surface area contributed by atoms with E-state index < -0.39 is 5.82 Å². The van der Waals surface area contributed by atoms with Crippen molar-refractivity contribution < 1.29 is 9.18 Å². The average molecular weight is 262 g/mol. The number of para-hydroxylation sites is 1. The molecule has 0 aliphatic rings. The van der Waals surface area contributed by atoms with E-state index in [9.17, 15) is 9.18 Å². The SMILES string of the molecule is Cn1ccnc1CCNC(=O)c1cccc(F)c1N. The van der Waals surface area contributed by atoms with Crippen LogP contribution in [0, 0.1) is 5.82 Å². The third kappa shape index (κ3) is 2.90. The van der Waals surface area contributed by atoms with Crippen LogP contribution in [-0.2, 0) is 13.5 Å². The van der Waals surface area contributed by atoms with Gasteiger partial charge in [0, 0.05) is 32.4 Å². The van der Waals surface area contributed by atoms with Crippen LogP contribution >= 0.6 is 0 Å². The van der Waals surface area contributed by atoms with E-state index in [1.807, 2.05) is 17.8 Å². The van der Waals surface area contributed by atoms with Gasteiger partial charge in [-0.3, -0.25) is 4.79 Å². The molecule has 1 heterocycles. The summed E-state index contributed by atoms with van der Waals surface area (Å²) >= 11 is 0. The first-order valence-electron chi connectivity index (χ1n) is 5.88. The lowest BCUT2D eigenvalue weighted by atomic mass is 10.1. The maximum Gasteiger partial charge on any atom is 0.253 e. The number of nitrogen functional groups attached to an aromatic ring is 1. The van der Waals surface area contributed by atoms with Crippen molar-refractivity contribution in [2.45, 2.75) is 6.42 Å². The zero-order valence-corrected chi connectivity index (χ0v) is 10.6. The second kappa shape index (κ2) is 5.51. The maximum absolute atomic E-state index is 13.2. The number of hydrogen-bond donors (Lipinski definition) is 2. The molecule has 0 spiro atoms. The first-order chi connectivity index (χ1) is 9.09. The van der Waals surface area contributed by atoms with E-state index in [1.54, 1.807) is 6.20 Å². The lowest BCUT2D eigenvalue weighted by molar-refractivity contribution is 0.0954. The number of nitrogens with zero attached hydrogens (tertiary/aromatic N) is 2. The van der Waals surface area contributed by atoms with Gasteiger partial charge in [0.1, 0.15) is 11.6 Å². The Morgan fingerprint density at radius 2 is 2.32 bits per heavy atom. The smallest absolute Gasteiger partial charge is 0.253 e. The summed E-state index contributed by atoms with van der Waals surface area (Å²) in [6.07, 6.45) is 4.13. The predicted molar refractivity (Wildman–Crippen MR) is 70.1 cm³/mol. The summed E-state index contributed by atoms with van der Waals surface area (Å²) in [5.41, 5.74) is 5.55. The van der Waals surface area contributed by atoms with E-state index in [0.717, 1.165) is 5.82 Å². The summed E-state index contributed by atoms with van der Waals surface area (Å²) in [7, 11) is 1.88. The van der Waals surface area contributed by atoms with Crippen molar-refractivity contribution in [2.75, 3.05) is 12.3 Å². The highest BCUT2D eigenvalue weighted by Crippen LogP contribution is 2.15. The van der Waals surface area contributed by atoms with Crippen LogP contribution in [0.25, 0.3) is 0 Å². The maximum atomic E-state index is 13.2. The highest BCUT2D eigenvalue weighted by molar-refractivity contribution is 5.99. The van der Waals surface area contributed by atoms with Gasteiger partial charge in [0.05, 0.1) is 11.3 Å². The first-order valence-corrected chi connectivity index (χ1v) is 5.88. The molecule has 3 N–H and O–H groups in total. The standard InChI is InChI=1S/C13H15FN4O/c1-18-8-7-16-11(18)5-6-17-13(19)9-3-2-4-10(14)12(9)15/h2-4,7-8H,5-6,15H2,1H3,(H,17,19). The minimum absolute atomic E-state index is 0.128. The lowest BCUT2D eigenvalue weighted by Crippen LogP contribution is -2.27. The van der Waals surface area contributed by atoms with Gasteiger partial charge < -0.3 is 15.6 Å². The van der Waals surface area contributed by atoms with E-state index in [0.29, 0.717) is 13.0 Å². The summed E-state index contributed by atoms with van der Waals surface area (Å²) < 4.78 is 15.1. The van der Waals surface area contributed by atoms with Crippen LogP contribution in [0.1, 0.15) is 16.2 Å². The molecule has 0 aliphatic heterocycles. The largest absolute Gasteiger partial charge is 0.396 e. The zero-order chi connectivity index (χ0) is 13.8. The Balaban J connectivity index is 1.95. The molecule has 0 saturated carbocycles. The Morgan fingerprint density at radius 3 is 3.00 bits per heavy atom. The number of anilines is 1. The summed E-state index contributed by atoms with van der Waals surface area (Å²) in [6, 6.07) is 4.17. The highest BCUT2D eigenvalue weighted by Gasteiger charge is 2.12. The van der Waals surface area contributed by atoms with Gasteiger partial charge in [-0.05, 0) is 12.1 Å². The van der Waals surface area contributed by atoms with Gasteiger partial charge in [0.25, 0.3) is 5.91 Å². The molecule has 5 nitrogen and oxygen atoms in total. The summed E-state index contributed by atoms with van der Waals surface area (Å²) in [6.45, 7) is 0.416. The average Bonchev–Trinajstić information content (AvgIpc) is 2.78. The second-order valence-corrected chi connectivity index (χ2v) is 4.16. The molecule has 1 aromatic heterocycles. The molecular weight excluding hydrogens is 247 g/mol. The molecule has 0 radical (unpaired) electrons. The van der Waals surface area contributed by atoms with E-state index in [2.05, 4.69) is 10.3 Å². The topological polar surface area (TPSA) is 72.9 Å². The molecule has 0 bridgehead atoms. The molecule has 19 heavy (non-hydrogen) atoms. The second-order valence-electron chi connectivity index (χ2n) is 4.16. The van der Waals surface area contributed by atoms with Crippen molar-refractivity contribution in [2.24, 2.45) is 7.05 Å². The van der Waals surface area contributed by atoms with Crippen LogP contribution in [0.15, 0.2) is 30.6 Å². The number of aromatic nitrogens is 2. The normalized spacial score (nSPS) is 10.4. The Kier molecular flexibility index (Phi) is 3.79. The third-order valence-corrected chi connectivity index (χ3v) is 2.85. The van der Waals surface area contributed by atoms with Crippen molar-refractivity contribution in [3.05, 3.63) is 47.8 Å². The Hall–Kier alpha value is -2.37. The van der Waals surface area contributed by atoms with Gasteiger partial charge in [-0.25, -0.2) is 9.37 Å². The molecule has 2 aromatic rings. The number of benzene rings is 1. The number of hydrogen-bond acceptors (Lipinski definition) is 3. The van der Waals surface area contributed by atoms with E-state index >= 15 is 0 Å². The molecule has 2 rings (SSSR count). The monoisotopic (exact) mass is 262 g/mol. The summed E-state index contributed by atoms with van der Waals surface area (Å²) in [5, 5.41) is 2.69. The van der Waals surface area contributed by atoms with Gasteiger partial charge in [0.2, 0.25) is 0 Å². The van der Waals surface area contributed by atoms with Crippen LogP contribution in [0.4, 0.5) is 10.1 Å². The van der Waals surface area contributed by atoms with Crippen LogP contribution in [0.3, 0.4) is 0 Å². The number of carbonyl (C=O) groups excluding carboxylic acids is 1. The minimum Gasteiger partial charge on any atom is -0.396 e. The summed E-state index contributed by atoms with van der Waals surface area (Å²) in [4.78, 5) is 16.0. The Labute approximate surface area is 110 Å². The van der Waals surface area contributed by atoms with Crippen LogP contribution < -0.4 is 11.1 Å². The molecular formula is C13H15FN4O. The lowest BCUT2D eigenvalue weighted by Gasteiger charge is -2.08. The number of halogens is 1. The van der Waals surface area contributed by atoms with Crippen LogP contribution in [0.5, 0.6) is 0 Å². The van der Waals surface area contributed by atoms with E-state index in [1.165, 1.54) is 18.2 Å². The Bertz CT molecular complexity index is 594. The van der Waals surface area contributed by atoms with Crippen molar-refractivity contribution in [3.63, 3.8) is 0 Å². The predicted octanol–water partition coefficient (Wildman–Crippen LogP) is 1.11. The third-order valence-electron chi connectivity index (χ3n) is 2.85. The molecule has 100 valence electrons. The summed E-state index contributed by atoms with van der Waals surface area (Å²) in [5.74, 6) is -0.101. The number of carbonyl (C=O) groups is 1. The quantitative estimate of drug-likeness (QED) is 0.811. The number of aryl methyl sites for hydroxylation is 1. The zero-order valence-electron chi connectivity index (χ0n) is 10.6.